The van der Waals surface area contributed by atoms with E-state index in [0.29, 0.717) is 6.26 Å². The van der Waals surface area contributed by atoms with Crippen LogP contribution in [-0.4, -0.2) is 61.6 Å². The summed E-state index contributed by atoms with van der Waals surface area (Å²) in [7, 11) is -8.23. The minimum Gasteiger partial charge on any atom is -0.390 e. The lowest BCUT2D eigenvalue weighted by atomic mass is 10.2. The Bertz CT molecular complexity index is 977. The fraction of sp³-hybridized carbons (Fsp3) is 0.667. The van der Waals surface area contributed by atoms with Gasteiger partial charge in [-0.1, -0.05) is 0 Å². The van der Waals surface area contributed by atoms with E-state index < -0.39 is 55.1 Å². The Morgan fingerprint density at radius 2 is 1.92 bits per heavy atom. The van der Waals surface area contributed by atoms with Gasteiger partial charge in [0.15, 0.2) is 9.84 Å². The molecule has 1 fully saturated rings. The summed E-state index contributed by atoms with van der Waals surface area (Å²) in [4.78, 5) is 25.4. The van der Waals surface area contributed by atoms with Crippen LogP contribution in [0, 0.1) is 6.92 Å². The van der Waals surface area contributed by atoms with E-state index in [0.717, 1.165) is 10.8 Å². The third-order valence-corrected chi connectivity index (χ3v) is 5.44. The Morgan fingerprint density at radius 3 is 2.44 bits per heavy atom. The zero-order chi connectivity index (χ0) is 19.2. The van der Waals surface area contributed by atoms with E-state index >= 15 is 0 Å². The van der Waals surface area contributed by atoms with Gasteiger partial charge in [0.2, 0.25) is 5.44 Å². The lowest BCUT2D eigenvalue weighted by Gasteiger charge is -2.23. The van der Waals surface area contributed by atoms with Gasteiger partial charge in [0, 0.05) is 24.4 Å². The predicted octanol–water partition coefficient (Wildman–Crippen LogP) is -2.16. The fourth-order valence-electron chi connectivity index (χ4n) is 2.44. The molecule has 2 heterocycles. The lowest BCUT2D eigenvalue weighted by Crippen LogP contribution is -2.43. The van der Waals surface area contributed by atoms with Gasteiger partial charge in [0.05, 0.1) is 12.4 Å². The maximum absolute atomic E-state index is 11.9. The number of nitrogens with zero attached hydrogens (tertiary/aromatic N) is 1. The van der Waals surface area contributed by atoms with Gasteiger partial charge in [-0.05, 0) is 6.92 Å². The molecule has 1 aliphatic heterocycles. The lowest BCUT2D eigenvalue weighted by molar-refractivity contribution is -0.0512. The molecule has 1 saturated heterocycles. The van der Waals surface area contributed by atoms with E-state index in [2.05, 4.69) is 9.17 Å². The van der Waals surface area contributed by atoms with Crippen LogP contribution in [0.1, 0.15) is 18.2 Å². The molecule has 2 rings (SSSR count). The molecule has 0 aliphatic carbocycles. The van der Waals surface area contributed by atoms with Crippen molar-refractivity contribution in [2.75, 3.05) is 12.5 Å². The number of aromatic amines is 1. The summed E-state index contributed by atoms with van der Waals surface area (Å²) in [5.74, 6) is 0. The van der Waals surface area contributed by atoms with Gasteiger partial charge < -0.3 is 9.84 Å². The zero-order valence-corrected chi connectivity index (χ0v) is 15.2. The van der Waals surface area contributed by atoms with Gasteiger partial charge in [-0.15, -0.1) is 0 Å². The van der Waals surface area contributed by atoms with Gasteiger partial charge in [-0.25, -0.2) is 17.4 Å². The molecule has 25 heavy (non-hydrogen) atoms. The number of aromatic nitrogens is 2. The number of aliphatic hydroxyl groups is 1. The molecular formula is C12H18N2O9S2. The molecule has 1 aliphatic rings. The van der Waals surface area contributed by atoms with Crippen molar-refractivity contribution in [3.05, 3.63) is 32.6 Å². The van der Waals surface area contributed by atoms with Crippen LogP contribution in [-0.2, 0) is 28.9 Å². The maximum atomic E-state index is 11.9. The average Bonchev–Trinajstić information content (AvgIpc) is 2.79. The largest absolute Gasteiger partial charge is 0.390 e. The van der Waals surface area contributed by atoms with Crippen LogP contribution in [0.2, 0.25) is 0 Å². The Kier molecular flexibility index (Phi) is 5.26. The highest BCUT2D eigenvalue weighted by atomic mass is 32.2. The molecule has 1 unspecified atom stereocenters. The summed E-state index contributed by atoms with van der Waals surface area (Å²) >= 11 is 0. The van der Waals surface area contributed by atoms with Gasteiger partial charge in [0.1, 0.15) is 12.3 Å². The predicted molar refractivity (Wildman–Crippen MR) is 85.2 cm³/mol. The smallest absolute Gasteiger partial charge is 0.330 e. The number of sulfone groups is 1. The van der Waals surface area contributed by atoms with E-state index in [-0.39, 0.29) is 12.0 Å². The number of nitrogens with one attached hydrogen (secondary N) is 1. The molecule has 0 radical (unpaired) electrons. The molecule has 11 nitrogen and oxygen atoms in total. The third kappa shape index (κ3) is 4.55. The molecule has 1 aromatic heterocycles. The number of aliphatic hydroxyl groups excluding tert-OH is 1. The van der Waals surface area contributed by atoms with Crippen molar-refractivity contribution in [2.24, 2.45) is 0 Å². The first kappa shape index (κ1) is 19.8. The van der Waals surface area contributed by atoms with Crippen molar-refractivity contribution in [3.63, 3.8) is 0 Å². The topological polar surface area (TPSA) is 162 Å². The van der Waals surface area contributed by atoms with Crippen LogP contribution >= 0.6 is 0 Å². The van der Waals surface area contributed by atoms with Gasteiger partial charge >= 0.3 is 5.69 Å². The molecular weight excluding hydrogens is 380 g/mol. The maximum Gasteiger partial charge on any atom is 0.330 e. The van der Waals surface area contributed by atoms with E-state index in [1.54, 1.807) is 0 Å². The van der Waals surface area contributed by atoms with Crippen molar-refractivity contribution in [1.82, 2.24) is 9.55 Å². The first-order chi connectivity index (χ1) is 11.3. The van der Waals surface area contributed by atoms with Crippen LogP contribution in [0.15, 0.2) is 15.8 Å². The number of aryl methyl sites for hydroxylation is 1. The standard InChI is InChI=1S/C12H18N2O9S2/c1-6-5-14(12(17)13-10(6)16)8-4-7(15)9(22-8)11(24(2,18)19)23-25(3,20)21/h5,7-9,11,15H,4H2,1-3H3,(H,13,16,17)/t7-,8+,9-,11?/m0/s1. The normalized spacial score (nSPS) is 25.8. The zero-order valence-electron chi connectivity index (χ0n) is 13.6. The van der Waals surface area contributed by atoms with Crippen molar-refractivity contribution >= 4 is 20.0 Å². The Hall–Kier alpha value is -1.54. The second kappa shape index (κ2) is 6.64. The molecule has 0 spiro atoms. The number of hydrogen-bond donors (Lipinski definition) is 2. The molecule has 4 atom stereocenters. The van der Waals surface area contributed by atoms with Crippen LogP contribution in [0.25, 0.3) is 0 Å². The van der Waals surface area contributed by atoms with Gasteiger partial charge in [0.25, 0.3) is 15.7 Å². The summed E-state index contributed by atoms with van der Waals surface area (Å²) in [6.07, 6.45) is -1.64. The van der Waals surface area contributed by atoms with Gasteiger partial charge in [-0.3, -0.25) is 14.3 Å². The average molecular weight is 398 g/mol. The molecule has 0 amide bonds. The van der Waals surface area contributed by atoms with Crippen LogP contribution in [0.3, 0.4) is 0 Å². The summed E-state index contributed by atoms with van der Waals surface area (Å²) in [5, 5.41) is 10.1. The van der Waals surface area contributed by atoms with Crippen LogP contribution in [0.5, 0.6) is 0 Å². The minimum absolute atomic E-state index is 0.199. The van der Waals surface area contributed by atoms with Crippen LogP contribution in [0.4, 0.5) is 0 Å². The summed E-state index contributed by atoms with van der Waals surface area (Å²) in [5.41, 5.74) is -3.17. The fourth-order valence-corrected chi connectivity index (χ4v) is 4.62. The van der Waals surface area contributed by atoms with Crippen molar-refractivity contribution in [3.8, 4) is 0 Å². The second-order valence-electron chi connectivity index (χ2n) is 5.84. The van der Waals surface area contributed by atoms with Crippen molar-refractivity contribution < 1.29 is 30.9 Å². The number of hydrogen-bond acceptors (Lipinski definition) is 9. The van der Waals surface area contributed by atoms with Crippen molar-refractivity contribution in [2.45, 2.75) is 37.2 Å². The highest BCUT2D eigenvalue weighted by molar-refractivity contribution is 7.92. The summed E-state index contributed by atoms with van der Waals surface area (Å²) in [6.45, 7) is 1.45. The Labute approximate surface area is 143 Å². The molecule has 142 valence electrons. The molecule has 0 saturated carbocycles. The van der Waals surface area contributed by atoms with Crippen LogP contribution < -0.4 is 11.2 Å². The highest BCUT2D eigenvalue weighted by Crippen LogP contribution is 2.32. The molecule has 13 heteroatoms. The first-order valence-corrected chi connectivity index (χ1v) is 10.8. The van der Waals surface area contributed by atoms with E-state index in [9.17, 15) is 31.5 Å². The first-order valence-electron chi connectivity index (χ1n) is 7.02. The third-order valence-electron chi connectivity index (χ3n) is 3.55. The molecule has 2 N–H and O–H groups in total. The van der Waals surface area contributed by atoms with E-state index in [4.69, 9.17) is 4.74 Å². The molecule has 0 bridgehead atoms. The van der Waals surface area contributed by atoms with E-state index in [1.807, 2.05) is 0 Å². The van der Waals surface area contributed by atoms with E-state index in [1.165, 1.54) is 13.1 Å². The number of H-pyrrole nitrogens is 1. The monoisotopic (exact) mass is 398 g/mol. The molecule has 1 aromatic rings. The number of rotatable bonds is 5. The van der Waals surface area contributed by atoms with Gasteiger partial charge in [-0.2, -0.15) is 8.42 Å². The quantitative estimate of drug-likeness (QED) is 0.526. The van der Waals surface area contributed by atoms with Crippen molar-refractivity contribution in [1.29, 1.82) is 0 Å². The SMILES string of the molecule is Cc1cn([C@H]2C[C@H](O)[C@@H](C(OS(C)(=O)=O)S(C)(=O)=O)O2)c(=O)[nH]c1=O. The Morgan fingerprint density at radius 1 is 1.32 bits per heavy atom. The molecule has 0 aromatic carbocycles. The Balaban J connectivity index is 2.38. The summed E-state index contributed by atoms with van der Waals surface area (Å²) < 4.78 is 57.3. The number of ether oxygens (including phenoxy) is 1. The summed E-state index contributed by atoms with van der Waals surface area (Å²) in [6, 6.07) is 0. The highest BCUT2D eigenvalue weighted by Gasteiger charge is 2.46. The second-order valence-corrected chi connectivity index (χ2v) is 9.56. The minimum atomic E-state index is -4.16.